The number of aldehydes is 1. The molecule has 0 heterocycles. The Bertz CT molecular complexity index is 357. The summed E-state index contributed by atoms with van der Waals surface area (Å²) in [6.45, 7) is 2.01. The van der Waals surface area contributed by atoms with Gasteiger partial charge in [-0.2, -0.15) is 0 Å². The van der Waals surface area contributed by atoms with Gasteiger partial charge < -0.3 is 5.11 Å². The summed E-state index contributed by atoms with van der Waals surface area (Å²) in [7, 11) is 0. The fraction of sp³-hybridized carbons (Fsp3) is 0.364. The van der Waals surface area contributed by atoms with Gasteiger partial charge in [-0.3, -0.25) is 4.79 Å². The van der Waals surface area contributed by atoms with Crippen LogP contribution in [0.3, 0.4) is 0 Å². The first kappa shape index (κ1) is 8.45. The van der Waals surface area contributed by atoms with Crippen molar-refractivity contribution in [2.45, 2.75) is 25.4 Å². The van der Waals surface area contributed by atoms with Crippen molar-refractivity contribution in [3.8, 4) is 0 Å². The van der Waals surface area contributed by atoms with E-state index in [0.29, 0.717) is 12.7 Å². The number of carbonyl (C=O) groups is 1. The molecular formula is C11H12O2. The summed E-state index contributed by atoms with van der Waals surface area (Å²) in [5.41, 5.74) is 1.85. The Kier molecular flexibility index (Phi) is 1.74. The van der Waals surface area contributed by atoms with Gasteiger partial charge in [0.2, 0.25) is 0 Å². The molecule has 0 aromatic heterocycles. The molecule has 0 radical (unpaired) electrons. The van der Waals surface area contributed by atoms with Crippen LogP contribution in [-0.4, -0.2) is 11.4 Å². The van der Waals surface area contributed by atoms with Crippen LogP contribution in [0.15, 0.2) is 18.2 Å². The topological polar surface area (TPSA) is 37.3 Å². The standard InChI is InChI=1S/C11H12O2/c1-8-2-3-10-9(6-8)4-5-11(10,13)7-12/h2-3,6-7,13H,4-5H2,1H3. The van der Waals surface area contributed by atoms with Gasteiger partial charge in [-0.05, 0) is 30.9 Å². The summed E-state index contributed by atoms with van der Waals surface area (Å²) in [4.78, 5) is 10.7. The first-order valence-corrected chi connectivity index (χ1v) is 4.44. The van der Waals surface area contributed by atoms with Crippen molar-refractivity contribution in [2.24, 2.45) is 0 Å². The van der Waals surface area contributed by atoms with Crippen molar-refractivity contribution < 1.29 is 9.90 Å². The summed E-state index contributed by atoms with van der Waals surface area (Å²) >= 11 is 0. The molecule has 0 aliphatic heterocycles. The molecule has 0 saturated carbocycles. The number of benzene rings is 1. The van der Waals surface area contributed by atoms with Gasteiger partial charge in [-0.25, -0.2) is 0 Å². The number of aryl methyl sites for hydroxylation is 2. The minimum absolute atomic E-state index is 0.523. The van der Waals surface area contributed by atoms with E-state index in [1.54, 1.807) is 0 Å². The number of hydrogen-bond acceptors (Lipinski definition) is 2. The predicted molar refractivity (Wildman–Crippen MR) is 49.5 cm³/mol. The molecule has 0 saturated heterocycles. The Hall–Kier alpha value is -1.15. The Morgan fingerprint density at radius 2 is 2.31 bits per heavy atom. The quantitative estimate of drug-likeness (QED) is 0.655. The van der Waals surface area contributed by atoms with Crippen molar-refractivity contribution in [3.63, 3.8) is 0 Å². The highest BCUT2D eigenvalue weighted by atomic mass is 16.3. The molecule has 1 unspecified atom stereocenters. The second-order valence-electron chi connectivity index (χ2n) is 3.70. The van der Waals surface area contributed by atoms with E-state index in [2.05, 4.69) is 0 Å². The fourth-order valence-corrected chi connectivity index (χ4v) is 1.93. The minimum atomic E-state index is -1.22. The number of carbonyl (C=O) groups excluding carboxylic acids is 1. The number of aliphatic hydroxyl groups is 1. The van der Waals surface area contributed by atoms with Crippen LogP contribution in [0, 0.1) is 6.92 Å². The van der Waals surface area contributed by atoms with E-state index in [0.717, 1.165) is 17.5 Å². The third-order valence-corrected chi connectivity index (χ3v) is 2.70. The van der Waals surface area contributed by atoms with Gasteiger partial charge in [-0.1, -0.05) is 23.8 Å². The van der Waals surface area contributed by atoms with E-state index in [-0.39, 0.29) is 0 Å². The van der Waals surface area contributed by atoms with Crippen LogP contribution in [0.1, 0.15) is 23.1 Å². The van der Waals surface area contributed by atoms with E-state index in [1.165, 1.54) is 5.56 Å². The lowest BCUT2D eigenvalue weighted by molar-refractivity contribution is -0.124. The van der Waals surface area contributed by atoms with Crippen LogP contribution in [0.4, 0.5) is 0 Å². The SMILES string of the molecule is Cc1ccc2c(c1)CCC2(O)C=O. The molecule has 2 nitrogen and oxygen atoms in total. The average molecular weight is 176 g/mol. The molecule has 1 atom stereocenters. The number of rotatable bonds is 1. The van der Waals surface area contributed by atoms with Crippen molar-refractivity contribution in [2.75, 3.05) is 0 Å². The van der Waals surface area contributed by atoms with Gasteiger partial charge in [-0.15, -0.1) is 0 Å². The van der Waals surface area contributed by atoms with Crippen LogP contribution >= 0.6 is 0 Å². The van der Waals surface area contributed by atoms with Gasteiger partial charge in [0.05, 0.1) is 0 Å². The fourth-order valence-electron chi connectivity index (χ4n) is 1.93. The lowest BCUT2D eigenvalue weighted by atomic mass is 9.97. The summed E-state index contributed by atoms with van der Waals surface area (Å²) in [5, 5.41) is 9.88. The molecule has 0 fully saturated rings. The molecular weight excluding hydrogens is 164 g/mol. The average Bonchev–Trinajstić information content (AvgIpc) is 2.45. The third kappa shape index (κ3) is 1.18. The highest BCUT2D eigenvalue weighted by Crippen LogP contribution is 2.35. The molecule has 2 rings (SSSR count). The predicted octanol–water partition coefficient (Wildman–Crippen LogP) is 1.33. The van der Waals surface area contributed by atoms with Crippen molar-refractivity contribution in [3.05, 3.63) is 34.9 Å². The normalized spacial score (nSPS) is 25.7. The lowest BCUT2D eigenvalue weighted by Crippen LogP contribution is -2.23. The van der Waals surface area contributed by atoms with Gasteiger partial charge in [0.25, 0.3) is 0 Å². The molecule has 68 valence electrons. The molecule has 1 aromatic rings. The molecule has 1 N–H and O–H groups in total. The maximum absolute atomic E-state index is 10.7. The Balaban J connectivity index is 2.55. The summed E-state index contributed by atoms with van der Waals surface area (Å²) in [6.07, 6.45) is 1.97. The molecule has 1 aliphatic carbocycles. The Morgan fingerprint density at radius 1 is 1.54 bits per heavy atom. The summed E-state index contributed by atoms with van der Waals surface area (Å²) < 4.78 is 0. The zero-order valence-electron chi connectivity index (χ0n) is 7.58. The van der Waals surface area contributed by atoms with E-state index in [9.17, 15) is 9.90 Å². The maximum Gasteiger partial charge on any atom is 0.156 e. The van der Waals surface area contributed by atoms with Crippen molar-refractivity contribution >= 4 is 6.29 Å². The van der Waals surface area contributed by atoms with E-state index >= 15 is 0 Å². The molecule has 0 spiro atoms. The van der Waals surface area contributed by atoms with E-state index < -0.39 is 5.60 Å². The molecule has 0 bridgehead atoms. The second kappa shape index (κ2) is 2.67. The highest BCUT2D eigenvalue weighted by molar-refractivity contribution is 5.69. The Labute approximate surface area is 77.2 Å². The smallest absolute Gasteiger partial charge is 0.156 e. The van der Waals surface area contributed by atoms with Gasteiger partial charge in [0, 0.05) is 0 Å². The van der Waals surface area contributed by atoms with Crippen molar-refractivity contribution in [1.82, 2.24) is 0 Å². The Morgan fingerprint density at radius 3 is 3.00 bits per heavy atom. The van der Waals surface area contributed by atoms with Gasteiger partial charge in [0.1, 0.15) is 5.60 Å². The summed E-state index contributed by atoms with van der Waals surface area (Å²) in [5.74, 6) is 0. The van der Waals surface area contributed by atoms with Gasteiger partial charge >= 0.3 is 0 Å². The van der Waals surface area contributed by atoms with E-state index in [1.807, 2.05) is 25.1 Å². The zero-order chi connectivity index (χ0) is 9.47. The molecule has 1 aromatic carbocycles. The molecule has 2 heteroatoms. The lowest BCUT2D eigenvalue weighted by Gasteiger charge is -2.15. The van der Waals surface area contributed by atoms with Crippen LogP contribution in [0.25, 0.3) is 0 Å². The minimum Gasteiger partial charge on any atom is -0.378 e. The maximum atomic E-state index is 10.7. The van der Waals surface area contributed by atoms with E-state index in [4.69, 9.17) is 0 Å². The van der Waals surface area contributed by atoms with Crippen LogP contribution in [0.5, 0.6) is 0 Å². The van der Waals surface area contributed by atoms with Crippen LogP contribution in [0.2, 0.25) is 0 Å². The van der Waals surface area contributed by atoms with Crippen molar-refractivity contribution in [1.29, 1.82) is 0 Å². The highest BCUT2D eigenvalue weighted by Gasteiger charge is 2.35. The first-order chi connectivity index (χ1) is 6.15. The number of fused-ring (bicyclic) bond motifs is 1. The molecule has 13 heavy (non-hydrogen) atoms. The third-order valence-electron chi connectivity index (χ3n) is 2.70. The molecule has 1 aliphatic rings. The first-order valence-electron chi connectivity index (χ1n) is 4.44. The monoisotopic (exact) mass is 176 g/mol. The zero-order valence-corrected chi connectivity index (χ0v) is 7.58. The molecule has 0 amide bonds. The number of hydrogen-bond donors (Lipinski definition) is 1. The van der Waals surface area contributed by atoms with Gasteiger partial charge in [0.15, 0.2) is 6.29 Å². The van der Waals surface area contributed by atoms with Crippen LogP contribution < -0.4 is 0 Å². The second-order valence-corrected chi connectivity index (χ2v) is 3.70. The largest absolute Gasteiger partial charge is 0.378 e. The summed E-state index contributed by atoms with van der Waals surface area (Å²) in [6, 6.07) is 5.82. The van der Waals surface area contributed by atoms with Crippen LogP contribution in [-0.2, 0) is 16.8 Å².